The molecular formula is C38H52BrN3O7. The molecule has 3 amide bonds. The number of carbonyl (C=O) groups is 4. The van der Waals surface area contributed by atoms with Gasteiger partial charge in [0.2, 0.25) is 17.7 Å². The summed E-state index contributed by atoms with van der Waals surface area (Å²) >= 11 is 3.77. The highest BCUT2D eigenvalue weighted by Crippen LogP contribution is 2.60. The molecule has 1 aromatic carbocycles. The van der Waals surface area contributed by atoms with Crippen LogP contribution in [0.2, 0.25) is 0 Å². The number of nitrogens with zero attached hydrogens (tertiary/aromatic N) is 3. The fraction of sp³-hybridized carbons (Fsp3) is 0.632. The molecule has 5 rings (SSSR count). The molecule has 1 saturated carbocycles. The molecule has 1 aromatic rings. The number of benzene rings is 1. The maximum atomic E-state index is 14.8. The number of carbonyl (C=O) groups excluding carboxylic acids is 4. The molecule has 4 fully saturated rings. The zero-order valence-corrected chi connectivity index (χ0v) is 30.5. The Morgan fingerprint density at radius 2 is 1.86 bits per heavy atom. The third-order valence-electron chi connectivity index (χ3n) is 11.1. The second-order valence-corrected chi connectivity index (χ2v) is 15.2. The van der Waals surface area contributed by atoms with Gasteiger partial charge in [-0.3, -0.25) is 19.2 Å². The molecule has 3 heterocycles. The molecule has 1 spiro atoms. The topological polar surface area (TPSA) is 117 Å². The summed E-state index contributed by atoms with van der Waals surface area (Å²) in [6.45, 7) is 10.1. The van der Waals surface area contributed by atoms with Crippen molar-refractivity contribution < 1.29 is 33.8 Å². The molecule has 8 atom stereocenters. The lowest BCUT2D eigenvalue weighted by atomic mass is 9.70. The number of halogens is 1. The molecule has 3 aliphatic heterocycles. The summed E-state index contributed by atoms with van der Waals surface area (Å²) < 4.78 is 13.1. The van der Waals surface area contributed by atoms with Crippen LogP contribution in [0.25, 0.3) is 0 Å². The average molecular weight is 743 g/mol. The quantitative estimate of drug-likeness (QED) is 0.110. The lowest BCUT2D eigenvalue weighted by Crippen LogP contribution is -2.58. The van der Waals surface area contributed by atoms with E-state index in [1.807, 2.05) is 42.2 Å². The molecular weight excluding hydrogens is 690 g/mol. The number of likely N-dealkylation sites (tertiary alicyclic amines) is 1. The standard InChI is InChI=1S/C38H52BrN3O7/c1-5-7-20-29(44)40(4)25(3)32(26-16-10-8-11-17-26)48-37(47)30-31-35(45)42(22-14-15-23-43)34(38(31)24-28(39)33(30)49-38)36(46)41(21-6-2)27-18-12-9-13-19-27/h5-6,8,10-11,16-17,25,27-28,30-34,43H,1-2,7,9,12-15,18-24H2,3-4H3/t25-,28?,30+,31-,32+,33+,34+,38-/m1/s1. The number of alkyl halides is 1. The van der Waals surface area contributed by atoms with E-state index >= 15 is 0 Å². The summed E-state index contributed by atoms with van der Waals surface area (Å²) in [4.78, 5) is 61.7. The fourth-order valence-electron chi connectivity index (χ4n) is 8.54. The minimum absolute atomic E-state index is 0.0273. The Labute approximate surface area is 299 Å². The van der Waals surface area contributed by atoms with E-state index in [0.29, 0.717) is 32.2 Å². The third kappa shape index (κ3) is 7.26. The van der Waals surface area contributed by atoms with Crippen LogP contribution >= 0.6 is 15.9 Å². The maximum Gasteiger partial charge on any atom is 0.313 e. The van der Waals surface area contributed by atoms with E-state index in [1.165, 1.54) is 0 Å². The highest BCUT2D eigenvalue weighted by atomic mass is 79.9. The molecule has 4 aliphatic rings. The summed E-state index contributed by atoms with van der Waals surface area (Å²) in [7, 11) is 1.70. The first kappa shape index (κ1) is 37.2. The number of unbranched alkanes of at least 4 members (excludes halogenated alkanes) is 1. The van der Waals surface area contributed by atoms with E-state index in [4.69, 9.17) is 9.47 Å². The van der Waals surface area contributed by atoms with E-state index in [1.54, 1.807) is 29.0 Å². The average Bonchev–Trinajstić information content (AvgIpc) is 3.71. The number of rotatable bonds is 16. The van der Waals surface area contributed by atoms with Gasteiger partial charge in [-0.15, -0.1) is 13.2 Å². The van der Waals surface area contributed by atoms with Crippen LogP contribution in [0.15, 0.2) is 55.6 Å². The van der Waals surface area contributed by atoms with Crippen molar-refractivity contribution in [1.29, 1.82) is 0 Å². The first-order valence-corrected chi connectivity index (χ1v) is 18.8. The van der Waals surface area contributed by atoms with Gasteiger partial charge in [0.25, 0.3) is 0 Å². The van der Waals surface area contributed by atoms with E-state index in [0.717, 1.165) is 37.7 Å². The number of ether oxygens (including phenoxy) is 2. The predicted octanol–water partition coefficient (Wildman–Crippen LogP) is 4.95. The van der Waals surface area contributed by atoms with Crippen LogP contribution in [0.4, 0.5) is 0 Å². The fourth-order valence-corrected chi connectivity index (χ4v) is 9.49. The molecule has 1 N–H and O–H groups in total. The van der Waals surface area contributed by atoms with Crippen LogP contribution in [-0.4, -0.2) is 105 Å². The number of hydrogen-bond donors (Lipinski definition) is 1. The van der Waals surface area contributed by atoms with Gasteiger partial charge in [0.1, 0.15) is 17.7 Å². The number of aliphatic hydroxyl groups excluding tert-OH is 1. The SMILES string of the molecule is C=CCCC(=O)N(C)[C@H](C)[C@H](OC(=O)[C@@H]1[C@H]2O[C@@]3(CC2Br)[C@H](C(=O)N(CC=C)C2CCCCC2)N(CCCCO)C(=O)[C@@H]13)c1ccccc1. The Morgan fingerprint density at radius 1 is 1.14 bits per heavy atom. The molecule has 0 aromatic heterocycles. The van der Waals surface area contributed by atoms with Gasteiger partial charge in [-0.25, -0.2) is 0 Å². The van der Waals surface area contributed by atoms with Crippen LogP contribution in [0.3, 0.4) is 0 Å². The molecule has 2 bridgehead atoms. The van der Waals surface area contributed by atoms with Crippen LogP contribution in [0, 0.1) is 11.8 Å². The normalized spacial score (nSPS) is 28.9. The van der Waals surface area contributed by atoms with Crippen LogP contribution in [0.1, 0.15) is 82.8 Å². The summed E-state index contributed by atoms with van der Waals surface area (Å²) in [5, 5.41) is 9.55. The number of likely N-dealkylation sites (N-methyl/N-ethyl adjacent to an activating group) is 1. The van der Waals surface area contributed by atoms with Crippen LogP contribution < -0.4 is 0 Å². The highest BCUT2D eigenvalue weighted by molar-refractivity contribution is 9.09. The van der Waals surface area contributed by atoms with Crippen LogP contribution in [0.5, 0.6) is 0 Å². The summed E-state index contributed by atoms with van der Waals surface area (Å²) in [5.41, 5.74) is -0.486. The van der Waals surface area contributed by atoms with Gasteiger partial charge in [-0.1, -0.05) is 77.7 Å². The van der Waals surface area contributed by atoms with Crippen molar-refractivity contribution in [3.8, 4) is 0 Å². The van der Waals surface area contributed by atoms with Crippen molar-refractivity contribution in [2.24, 2.45) is 11.8 Å². The highest BCUT2D eigenvalue weighted by Gasteiger charge is 2.77. The summed E-state index contributed by atoms with van der Waals surface area (Å²) in [5.74, 6) is -3.00. The minimum Gasteiger partial charge on any atom is -0.455 e. The molecule has 1 unspecified atom stereocenters. The molecule has 268 valence electrons. The Kier molecular flexibility index (Phi) is 12.4. The maximum absolute atomic E-state index is 14.8. The Hall–Kier alpha value is -3.02. The Morgan fingerprint density at radius 3 is 2.51 bits per heavy atom. The molecule has 10 nitrogen and oxygen atoms in total. The van der Waals surface area contributed by atoms with Crippen molar-refractivity contribution in [3.63, 3.8) is 0 Å². The van der Waals surface area contributed by atoms with Gasteiger partial charge in [-0.2, -0.15) is 0 Å². The van der Waals surface area contributed by atoms with Gasteiger partial charge in [0, 0.05) is 44.0 Å². The first-order chi connectivity index (χ1) is 23.6. The van der Waals surface area contributed by atoms with Crippen molar-refractivity contribution in [3.05, 3.63) is 61.2 Å². The summed E-state index contributed by atoms with van der Waals surface area (Å²) in [6, 6.07) is 7.93. The lowest BCUT2D eigenvalue weighted by Gasteiger charge is -2.41. The number of hydrogen-bond acceptors (Lipinski definition) is 7. The lowest BCUT2D eigenvalue weighted by molar-refractivity contribution is -0.164. The number of allylic oxidation sites excluding steroid dienone is 1. The van der Waals surface area contributed by atoms with Gasteiger partial charge in [0.15, 0.2) is 0 Å². The summed E-state index contributed by atoms with van der Waals surface area (Å²) in [6.07, 6.45) is 9.16. The van der Waals surface area contributed by atoms with Gasteiger partial charge in [0.05, 0.1) is 24.0 Å². The third-order valence-corrected chi connectivity index (χ3v) is 11.9. The van der Waals surface area contributed by atoms with Gasteiger partial charge >= 0.3 is 5.97 Å². The van der Waals surface area contributed by atoms with Crippen LogP contribution in [-0.2, 0) is 28.7 Å². The zero-order chi connectivity index (χ0) is 35.3. The van der Waals surface area contributed by atoms with Crippen molar-refractivity contribution >= 4 is 39.6 Å². The minimum atomic E-state index is -1.21. The number of esters is 1. The van der Waals surface area contributed by atoms with Crippen molar-refractivity contribution in [1.82, 2.24) is 14.7 Å². The Bertz CT molecular complexity index is 1370. The molecule has 49 heavy (non-hydrogen) atoms. The van der Waals surface area contributed by atoms with Gasteiger partial charge in [-0.05, 0) is 51.0 Å². The van der Waals surface area contributed by atoms with E-state index in [-0.39, 0.29) is 48.2 Å². The molecule has 11 heteroatoms. The number of aliphatic hydroxyl groups is 1. The molecule has 0 radical (unpaired) electrons. The van der Waals surface area contributed by atoms with Crippen molar-refractivity contribution in [2.75, 3.05) is 26.7 Å². The van der Waals surface area contributed by atoms with Crippen molar-refractivity contribution in [2.45, 2.75) is 112 Å². The zero-order valence-electron chi connectivity index (χ0n) is 28.9. The molecule has 3 saturated heterocycles. The smallest absolute Gasteiger partial charge is 0.313 e. The second-order valence-electron chi connectivity index (χ2n) is 14.0. The van der Waals surface area contributed by atoms with E-state index in [9.17, 15) is 24.3 Å². The first-order valence-electron chi connectivity index (χ1n) is 17.9. The van der Waals surface area contributed by atoms with Gasteiger partial charge < -0.3 is 29.3 Å². The van der Waals surface area contributed by atoms with E-state index < -0.39 is 47.7 Å². The Balaban J connectivity index is 1.48. The monoisotopic (exact) mass is 741 g/mol. The number of fused-ring (bicyclic) bond motifs is 1. The molecule has 1 aliphatic carbocycles. The predicted molar refractivity (Wildman–Crippen MR) is 189 cm³/mol. The number of amides is 3. The largest absolute Gasteiger partial charge is 0.455 e. The second kappa shape index (κ2) is 16.3. The van der Waals surface area contributed by atoms with E-state index in [2.05, 4.69) is 29.1 Å².